The maximum absolute atomic E-state index is 14.4. The molecule has 0 aliphatic carbocycles. The van der Waals surface area contributed by atoms with Crippen LogP contribution in [0, 0.1) is 25.6 Å². The largest absolute Gasteiger partial charge is 0.490 e. The van der Waals surface area contributed by atoms with Crippen molar-refractivity contribution in [1.82, 2.24) is 29.7 Å². The lowest BCUT2D eigenvalue weighted by Crippen LogP contribution is -2.49. The van der Waals surface area contributed by atoms with E-state index in [-0.39, 0.29) is 25.5 Å². The number of nitrogens with zero attached hydrogens (tertiary/aromatic N) is 7. The van der Waals surface area contributed by atoms with Crippen molar-refractivity contribution in [2.45, 2.75) is 39.1 Å². The number of methoxy groups -OCH3 is 1. The Morgan fingerprint density at radius 2 is 1.66 bits per heavy atom. The Morgan fingerprint density at radius 3 is 2.41 bits per heavy atom. The van der Waals surface area contributed by atoms with Gasteiger partial charge in [-0.1, -0.05) is 35.3 Å². The molecule has 376 valence electrons. The summed E-state index contributed by atoms with van der Waals surface area (Å²) in [7, 11) is 3.74. The Labute approximate surface area is 425 Å². The Morgan fingerprint density at radius 1 is 0.915 bits per heavy atom. The number of carbonyl (C=O) groups is 1. The summed E-state index contributed by atoms with van der Waals surface area (Å²) in [5.74, 6) is 0.508. The maximum atomic E-state index is 14.4. The molecule has 2 saturated heterocycles. The summed E-state index contributed by atoms with van der Waals surface area (Å²) in [6.45, 7) is 12.2. The molecule has 71 heavy (non-hydrogen) atoms. The van der Waals surface area contributed by atoms with E-state index in [1.165, 1.54) is 29.8 Å². The van der Waals surface area contributed by atoms with E-state index in [1.54, 1.807) is 49.7 Å². The third kappa shape index (κ3) is 11.8. The Kier molecular flexibility index (Phi) is 16.3. The first-order valence-corrected chi connectivity index (χ1v) is 25.1. The van der Waals surface area contributed by atoms with Gasteiger partial charge in [0, 0.05) is 87.5 Å². The number of ether oxygens (including phenoxy) is 7. The van der Waals surface area contributed by atoms with Crippen LogP contribution in [0.15, 0.2) is 61.1 Å². The quantitative estimate of drug-likeness (QED) is 0.0926. The fourth-order valence-electron chi connectivity index (χ4n) is 8.93. The van der Waals surface area contributed by atoms with Gasteiger partial charge in [0.1, 0.15) is 47.8 Å². The Balaban J connectivity index is 1.05. The van der Waals surface area contributed by atoms with Crippen LogP contribution in [-0.2, 0) is 32.0 Å². The molecular weight excluding hydrogens is 977 g/mol. The monoisotopic (exact) mass is 1030 g/mol. The van der Waals surface area contributed by atoms with Gasteiger partial charge in [0.2, 0.25) is 17.9 Å². The number of thiophene rings is 1. The molecule has 0 radical (unpaired) electrons. The van der Waals surface area contributed by atoms with Gasteiger partial charge in [0.05, 0.1) is 54.2 Å². The van der Waals surface area contributed by atoms with Crippen LogP contribution in [0.5, 0.6) is 23.1 Å². The van der Waals surface area contributed by atoms with Crippen molar-refractivity contribution in [3.05, 3.63) is 99.3 Å². The fourth-order valence-corrected chi connectivity index (χ4v) is 10.6. The van der Waals surface area contributed by atoms with Crippen molar-refractivity contribution in [1.29, 1.82) is 0 Å². The summed E-state index contributed by atoms with van der Waals surface area (Å²) >= 11 is 16.0. The average Bonchev–Trinajstić information content (AvgIpc) is 3.74. The molecular formula is C51H56Cl2FN7O9S. The Hall–Kier alpha value is -5.44. The number of aromatic nitrogens is 4. The first-order valence-electron chi connectivity index (χ1n) is 23.5. The van der Waals surface area contributed by atoms with E-state index in [4.69, 9.17) is 61.3 Å². The number of carboxylic acid groups (broad SMARTS) is 1. The number of hydrogen-bond donors (Lipinski definition) is 1. The lowest BCUT2D eigenvalue weighted by atomic mass is 9.92. The van der Waals surface area contributed by atoms with E-state index in [1.807, 2.05) is 13.8 Å². The standard InChI is InChI=1S/C51H56Cl2FN7O9S/c1-30-41-31(2)45(53)46(44(30)52)69-38(25-60-15-13-59(3)14-16-60)28-67-37-9-10-39(68-27-36-11-12-55-51(58-36)61-23-32(24-61)26-66-20-19-65-18-17-64-4)34(21-37)22-40(50(62)63)70-48-43-42(41)47(71-49(43)57-29-56-48)33-5-7-35(54)8-6-33/h5-12,21,29,32,38,40H,13-20,22-28H2,1-4H3,(H,62,63)/t38-,40-/m1/s1. The number of aliphatic carboxylic acids is 1. The van der Waals surface area contributed by atoms with Crippen LogP contribution in [0.1, 0.15) is 22.4 Å². The van der Waals surface area contributed by atoms with Crippen molar-refractivity contribution in [3.8, 4) is 44.7 Å². The summed E-state index contributed by atoms with van der Waals surface area (Å²) in [6, 6.07) is 13.2. The lowest BCUT2D eigenvalue weighted by Gasteiger charge is -2.39. The molecule has 0 spiro atoms. The normalized spacial score (nSPS) is 17.9. The van der Waals surface area contributed by atoms with Crippen molar-refractivity contribution >= 4 is 56.7 Å². The third-order valence-electron chi connectivity index (χ3n) is 12.8. The SMILES string of the molecule is COCCOCCOCC1CN(c2nccc(COc3ccc4cc3C[C@H](C(=O)O)Oc3ncnc5sc(-c6ccc(F)cc6)c(c35)-c3c(C)c(Cl)c(c(Cl)c3C)O[C@H](CN3CCN(C)CC3)CO4)n2)C1. The molecule has 2 fully saturated rings. The number of piperazine rings is 1. The zero-order valence-electron chi connectivity index (χ0n) is 40.0. The van der Waals surface area contributed by atoms with E-state index in [0.717, 1.165) is 39.3 Å². The van der Waals surface area contributed by atoms with Gasteiger partial charge in [-0.3, -0.25) is 4.90 Å². The highest BCUT2D eigenvalue weighted by molar-refractivity contribution is 7.22. The number of rotatable bonds is 16. The van der Waals surface area contributed by atoms with Crippen molar-refractivity contribution in [2.75, 3.05) is 105 Å². The summed E-state index contributed by atoms with van der Waals surface area (Å²) in [5.41, 5.74) is 4.41. The van der Waals surface area contributed by atoms with E-state index in [2.05, 4.69) is 36.7 Å². The second kappa shape index (κ2) is 23.0. The van der Waals surface area contributed by atoms with E-state index >= 15 is 0 Å². The number of fused-ring (bicyclic) bond motifs is 7. The molecule has 6 aromatic rings. The highest BCUT2D eigenvalue weighted by Gasteiger charge is 2.33. The van der Waals surface area contributed by atoms with Crippen LogP contribution in [0.3, 0.4) is 0 Å². The molecule has 1 N–H and O–H groups in total. The molecule has 2 atom stereocenters. The average molecular weight is 1030 g/mol. The number of hydrogen-bond acceptors (Lipinski definition) is 16. The van der Waals surface area contributed by atoms with Gasteiger partial charge in [-0.15, -0.1) is 11.3 Å². The highest BCUT2D eigenvalue weighted by Crippen LogP contribution is 2.53. The molecule has 4 bridgehead atoms. The smallest absolute Gasteiger partial charge is 0.345 e. The van der Waals surface area contributed by atoms with E-state index in [0.29, 0.717) is 133 Å². The van der Waals surface area contributed by atoms with Crippen LogP contribution >= 0.6 is 34.5 Å². The van der Waals surface area contributed by atoms with Crippen molar-refractivity contribution in [3.63, 3.8) is 0 Å². The number of likely N-dealkylation sites (N-methyl/N-ethyl adjacent to an activating group) is 1. The van der Waals surface area contributed by atoms with Crippen LogP contribution < -0.4 is 23.8 Å². The number of halogens is 3. The van der Waals surface area contributed by atoms with Crippen LogP contribution in [0.25, 0.3) is 31.8 Å². The molecule has 7 heterocycles. The summed E-state index contributed by atoms with van der Waals surface area (Å²) in [6.07, 6.45) is 0.887. The minimum absolute atomic E-state index is 0.0279. The van der Waals surface area contributed by atoms with E-state index < -0.39 is 24.0 Å². The van der Waals surface area contributed by atoms with Gasteiger partial charge in [-0.25, -0.2) is 29.1 Å². The predicted octanol–water partition coefficient (Wildman–Crippen LogP) is 8.03. The zero-order chi connectivity index (χ0) is 49.6. The van der Waals surface area contributed by atoms with Gasteiger partial charge < -0.3 is 48.1 Å². The number of anilines is 1. The highest BCUT2D eigenvalue weighted by atomic mass is 35.5. The molecule has 3 aromatic carbocycles. The maximum Gasteiger partial charge on any atom is 0.345 e. The van der Waals surface area contributed by atoms with E-state index in [9.17, 15) is 14.3 Å². The van der Waals surface area contributed by atoms with Crippen molar-refractivity contribution in [2.24, 2.45) is 5.92 Å². The minimum Gasteiger partial charge on any atom is -0.490 e. The Bertz CT molecular complexity index is 2800. The molecule has 20 heteroatoms. The molecule has 16 nitrogen and oxygen atoms in total. The topological polar surface area (TPSA) is 163 Å². The first kappa shape index (κ1) is 50.5. The summed E-state index contributed by atoms with van der Waals surface area (Å²) < 4.78 is 57.0. The van der Waals surface area contributed by atoms with Crippen LogP contribution in [0.4, 0.5) is 10.3 Å². The molecule has 3 aromatic heterocycles. The molecule has 10 rings (SSSR count). The minimum atomic E-state index is -1.47. The van der Waals surface area contributed by atoms with Gasteiger partial charge in [-0.05, 0) is 79.5 Å². The molecule has 4 aliphatic rings. The molecule has 4 aliphatic heterocycles. The summed E-state index contributed by atoms with van der Waals surface area (Å²) in [4.78, 5) is 39.8. The van der Waals surface area contributed by atoms with Gasteiger partial charge >= 0.3 is 5.97 Å². The van der Waals surface area contributed by atoms with Gasteiger partial charge in [-0.2, -0.15) is 0 Å². The predicted molar refractivity (Wildman–Crippen MR) is 269 cm³/mol. The van der Waals surface area contributed by atoms with Crippen molar-refractivity contribution < 1.29 is 47.4 Å². The van der Waals surface area contributed by atoms with Gasteiger partial charge in [0.25, 0.3) is 0 Å². The lowest BCUT2D eigenvalue weighted by molar-refractivity contribution is -0.145. The molecule has 0 saturated carbocycles. The zero-order valence-corrected chi connectivity index (χ0v) is 42.3. The first-order chi connectivity index (χ1) is 34.4. The molecule has 0 amide bonds. The van der Waals surface area contributed by atoms with Crippen LogP contribution in [-0.4, -0.2) is 153 Å². The summed E-state index contributed by atoms with van der Waals surface area (Å²) in [5, 5.41) is 11.9. The number of benzene rings is 3. The second-order valence-electron chi connectivity index (χ2n) is 17.9. The number of carboxylic acids is 1. The van der Waals surface area contributed by atoms with Crippen LogP contribution in [0.2, 0.25) is 10.0 Å². The van der Waals surface area contributed by atoms with Gasteiger partial charge in [0.15, 0.2) is 5.75 Å². The second-order valence-corrected chi connectivity index (χ2v) is 19.7. The fraction of sp³-hybridized carbons (Fsp3) is 0.431. The molecule has 0 unspecified atom stereocenters. The third-order valence-corrected chi connectivity index (χ3v) is 14.9.